The second kappa shape index (κ2) is 13.0. The fourth-order valence-electron chi connectivity index (χ4n) is 6.24. The first kappa shape index (κ1) is 33.7. The van der Waals surface area contributed by atoms with E-state index >= 15 is 0 Å². The number of fused-ring (bicyclic) bond motifs is 3. The molecule has 45 heavy (non-hydrogen) atoms. The van der Waals surface area contributed by atoms with Gasteiger partial charge in [0.2, 0.25) is 0 Å². The summed E-state index contributed by atoms with van der Waals surface area (Å²) in [6.07, 6.45) is 0. The standard InChI is InChI=1S/2C12H17N3.C11H16N4/c1-7(2)15-10(5)14-12-9(4)13-8(3)6-11(12)15;1-7(2)15-10(5)14-11-8(3)6-9(4)13-12(11)15;1-6(2)15-9(5)14-10-7(3)12-8(4)13-11(10)15/h2*6-7H,1-5H3;6H,1-5H3. The van der Waals surface area contributed by atoms with E-state index in [0.717, 1.165) is 73.9 Å². The highest BCUT2D eigenvalue weighted by Gasteiger charge is 2.15. The predicted octanol–water partition coefficient (Wildman–Crippen LogP) is 8.21. The molecule has 10 nitrogen and oxygen atoms in total. The number of imidazole rings is 3. The minimum Gasteiger partial charge on any atom is -0.326 e. The van der Waals surface area contributed by atoms with E-state index in [0.29, 0.717) is 18.1 Å². The molecule has 0 N–H and O–H groups in total. The van der Waals surface area contributed by atoms with E-state index in [1.807, 2.05) is 48.5 Å². The topological polar surface area (TPSA) is 105 Å². The Bertz CT molecular complexity index is 1760. The third-order valence-electron chi connectivity index (χ3n) is 7.85. The summed E-state index contributed by atoms with van der Waals surface area (Å²) in [7, 11) is 0. The second-order valence-electron chi connectivity index (χ2n) is 12.9. The maximum atomic E-state index is 4.58. The summed E-state index contributed by atoms with van der Waals surface area (Å²) >= 11 is 0. The number of hydrogen-bond donors (Lipinski definition) is 0. The molecule has 6 aromatic heterocycles. The van der Waals surface area contributed by atoms with Crippen molar-refractivity contribution in [3.63, 3.8) is 0 Å². The van der Waals surface area contributed by atoms with Crippen LogP contribution in [0.1, 0.15) is 111 Å². The van der Waals surface area contributed by atoms with Crippen LogP contribution >= 0.6 is 0 Å². The number of hydrogen-bond acceptors (Lipinski definition) is 7. The van der Waals surface area contributed by atoms with Crippen LogP contribution in [0.4, 0.5) is 0 Å². The van der Waals surface area contributed by atoms with Crippen molar-refractivity contribution >= 4 is 33.4 Å². The number of nitrogens with zero attached hydrogens (tertiary/aromatic N) is 10. The highest BCUT2D eigenvalue weighted by Crippen LogP contribution is 2.24. The van der Waals surface area contributed by atoms with Gasteiger partial charge < -0.3 is 13.7 Å². The molecule has 0 bridgehead atoms. The molecule has 0 aliphatic carbocycles. The molecule has 0 aliphatic rings. The molecule has 10 heteroatoms. The summed E-state index contributed by atoms with van der Waals surface area (Å²) in [5, 5.41) is 0. The third kappa shape index (κ3) is 6.74. The monoisotopic (exact) mass is 610 g/mol. The predicted molar refractivity (Wildman–Crippen MR) is 184 cm³/mol. The van der Waals surface area contributed by atoms with E-state index in [1.54, 1.807) is 0 Å². The zero-order valence-corrected chi connectivity index (χ0v) is 29.9. The van der Waals surface area contributed by atoms with Gasteiger partial charge in [0.15, 0.2) is 11.3 Å². The fraction of sp³-hybridized carbons (Fsp3) is 0.514. The van der Waals surface area contributed by atoms with Crippen molar-refractivity contribution in [1.29, 1.82) is 0 Å². The van der Waals surface area contributed by atoms with E-state index in [9.17, 15) is 0 Å². The molecule has 0 aliphatic heterocycles. The van der Waals surface area contributed by atoms with Gasteiger partial charge in [0.1, 0.15) is 39.8 Å². The Balaban J connectivity index is 0.000000154. The van der Waals surface area contributed by atoms with Gasteiger partial charge in [0, 0.05) is 29.5 Å². The molecule has 0 amide bonds. The number of rotatable bonds is 3. The van der Waals surface area contributed by atoms with Gasteiger partial charge in [0.05, 0.1) is 16.9 Å². The zero-order chi connectivity index (χ0) is 33.5. The Kier molecular flexibility index (Phi) is 9.75. The SMILES string of the molecule is Cc1cc(C)c2nc(C)n(C(C)C)c2n1.Cc1cc2c(nc(C)n2C(C)C)c(C)n1.Cc1nc(C)c2nc(C)n(C(C)C)c2n1. The van der Waals surface area contributed by atoms with Gasteiger partial charge >= 0.3 is 0 Å². The molecular formula is C35H50N10. The van der Waals surface area contributed by atoms with Crippen LogP contribution in [-0.4, -0.2) is 48.6 Å². The molecule has 0 atom stereocenters. The summed E-state index contributed by atoms with van der Waals surface area (Å²) in [5.41, 5.74) is 11.5. The van der Waals surface area contributed by atoms with Gasteiger partial charge in [-0.15, -0.1) is 0 Å². The average Bonchev–Trinajstić information content (AvgIpc) is 3.54. The van der Waals surface area contributed by atoms with Crippen molar-refractivity contribution in [2.75, 3.05) is 0 Å². The minimum absolute atomic E-state index is 0.378. The smallest absolute Gasteiger partial charge is 0.164 e. The summed E-state index contributed by atoms with van der Waals surface area (Å²) in [5.74, 6) is 3.92. The minimum atomic E-state index is 0.378. The van der Waals surface area contributed by atoms with Crippen LogP contribution in [0, 0.1) is 62.3 Å². The maximum Gasteiger partial charge on any atom is 0.164 e. The zero-order valence-electron chi connectivity index (χ0n) is 29.9. The van der Waals surface area contributed by atoms with Crippen LogP contribution < -0.4 is 0 Å². The van der Waals surface area contributed by atoms with Crippen molar-refractivity contribution in [3.05, 3.63) is 63.8 Å². The second-order valence-corrected chi connectivity index (χ2v) is 12.9. The van der Waals surface area contributed by atoms with E-state index in [1.165, 1.54) is 11.1 Å². The molecule has 0 fully saturated rings. The molecule has 6 rings (SSSR count). The van der Waals surface area contributed by atoms with Crippen LogP contribution in [0.15, 0.2) is 12.1 Å². The molecule has 6 heterocycles. The van der Waals surface area contributed by atoms with Crippen LogP contribution in [0.25, 0.3) is 33.4 Å². The summed E-state index contributed by atoms with van der Waals surface area (Å²) in [6, 6.07) is 5.42. The van der Waals surface area contributed by atoms with Crippen LogP contribution in [0.2, 0.25) is 0 Å². The molecule has 0 saturated carbocycles. The molecule has 0 saturated heterocycles. The van der Waals surface area contributed by atoms with Crippen LogP contribution in [0.3, 0.4) is 0 Å². The Morgan fingerprint density at radius 1 is 0.444 bits per heavy atom. The molecule has 0 aromatic carbocycles. The Morgan fingerprint density at radius 3 is 1.44 bits per heavy atom. The molecular weight excluding hydrogens is 560 g/mol. The molecule has 0 unspecified atom stereocenters. The number of aromatic nitrogens is 10. The van der Waals surface area contributed by atoms with Crippen LogP contribution in [-0.2, 0) is 0 Å². The van der Waals surface area contributed by atoms with E-state index in [2.05, 4.69) is 116 Å². The lowest BCUT2D eigenvalue weighted by molar-refractivity contribution is 0.594. The Labute approximate surface area is 267 Å². The first-order valence-electron chi connectivity index (χ1n) is 15.9. The van der Waals surface area contributed by atoms with Crippen molar-refractivity contribution in [2.24, 2.45) is 0 Å². The summed E-state index contributed by atoms with van der Waals surface area (Å²) in [4.78, 5) is 31.5. The number of aryl methyl sites for hydroxylation is 9. The van der Waals surface area contributed by atoms with Crippen molar-refractivity contribution in [3.8, 4) is 0 Å². The lowest BCUT2D eigenvalue weighted by Crippen LogP contribution is -2.04. The van der Waals surface area contributed by atoms with Gasteiger partial charge in [-0.2, -0.15) is 0 Å². The highest BCUT2D eigenvalue weighted by molar-refractivity contribution is 5.79. The molecule has 6 aromatic rings. The molecule has 0 radical (unpaired) electrons. The average molecular weight is 611 g/mol. The van der Waals surface area contributed by atoms with Crippen molar-refractivity contribution in [2.45, 2.75) is 122 Å². The summed E-state index contributed by atoms with van der Waals surface area (Å²) in [6.45, 7) is 31.1. The molecule has 0 spiro atoms. The van der Waals surface area contributed by atoms with Gasteiger partial charge in [-0.25, -0.2) is 29.9 Å². The van der Waals surface area contributed by atoms with Gasteiger partial charge in [-0.3, -0.25) is 4.98 Å². The first-order valence-corrected chi connectivity index (χ1v) is 15.9. The highest BCUT2D eigenvalue weighted by atomic mass is 15.2. The molecule has 240 valence electrons. The number of pyridine rings is 2. The first-order chi connectivity index (χ1) is 21.0. The Morgan fingerprint density at radius 2 is 0.889 bits per heavy atom. The maximum absolute atomic E-state index is 4.58. The van der Waals surface area contributed by atoms with Crippen molar-refractivity contribution in [1.82, 2.24) is 48.6 Å². The Hall–Kier alpha value is -4.21. The van der Waals surface area contributed by atoms with E-state index in [-0.39, 0.29) is 0 Å². The lowest BCUT2D eigenvalue weighted by Gasteiger charge is -2.10. The normalized spacial score (nSPS) is 11.6. The van der Waals surface area contributed by atoms with Gasteiger partial charge in [0.25, 0.3) is 0 Å². The van der Waals surface area contributed by atoms with E-state index in [4.69, 9.17) is 0 Å². The van der Waals surface area contributed by atoms with E-state index < -0.39 is 0 Å². The third-order valence-corrected chi connectivity index (χ3v) is 7.85. The quantitative estimate of drug-likeness (QED) is 0.199. The van der Waals surface area contributed by atoms with Gasteiger partial charge in [-0.1, -0.05) is 0 Å². The largest absolute Gasteiger partial charge is 0.326 e. The lowest BCUT2D eigenvalue weighted by atomic mass is 10.2. The van der Waals surface area contributed by atoms with Crippen LogP contribution in [0.5, 0.6) is 0 Å². The van der Waals surface area contributed by atoms with Gasteiger partial charge in [-0.05, 0) is 122 Å². The van der Waals surface area contributed by atoms with Crippen molar-refractivity contribution < 1.29 is 0 Å². The fourth-order valence-corrected chi connectivity index (χ4v) is 6.24. The summed E-state index contributed by atoms with van der Waals surface area (Å²) < 4.78 is 6.60.